The molecule has 0 bridgehead atoms. The Bertz CT molecular complexity index is 1170. The van der Waals surface area contributed by atoms with Crippen molar-refractivity contribution < 1.29 is 4.74 Å². The number of imidazole rings is 1. The lowest BCUT2D eigenvalue weighted by atomic mass is 9.92. The molecule has 1 aliphatic carbocycles. The Labute approximate surface area is 187 Å². The Kier molecular flexibility index (Phi) is 5.89. The van der Waals surface area contributed by atoms with Crippen LogP contribution in [0.15, 0.2) is 73.1 Å². The van der Waals surface area contributed by atoms with Gasteiger partial charge in [-0.15, -0.1) is 5.10 Å². The Hall–Kier alpha value is -3.58. The quantitative estimate of drug-likeness (QED) is 0.394. The monoisotopic (exact) mass is 428 g/mol. The first kappa shape index (κ1) is 20.3. The molecule has 32 heavy (non-hydrogen) atoms. The summed E-state index contributed by atoms with van der Waals surface area (Å²) in [6.07, 6.45) is 7.85. The fourth-order valence-electron chi connectivity index (χ4n) is 4.11. The normalized spacial score (nSPS) is 18.4. The van der Waals surface area contributed by atoms with Crippen LogP contribution in [-0.2, 0) is 6.61 Å². The minimum absolute atomic E-state index is 0.325. The molecule has 4 N–H and O–H groups in total. The van der Waals surface area contributed by atoms with Gasteiger partial charge in [0, 0.05) is 42.3 Å². The van der Waals surface area contributed by atoms with Crippen molar-refractivity contribution in [3.05, 3.63) is 78.6 Å². The van der Waals surface area contributed by atoms with E-state index >= 15 is 0 Å². The molecule has 1 aliphatic rings. The summed E-state index contributed by atoms with van der Waals surface area (Å²) in [5, 5.41) is 11.8. The number of nitrogens with one attached hydrogen (secondary N) is 2. The Morgan fingerprint density at radius 3 is 2.69 bits per heavy atom. The third kappa shape index (κ3) is 4.84. The van der Waals surface area contributed by atoms with Crippen LogP contribution in [-0.4, -0.2) is 26.7 Å². The highest BCUT2D eigenvalue weighted by Gasteiger charge is 2.19. The summed E-state index contributed by atoms with van der Waals surface area (Å²) in [4.78, 5) is 4.47. The molecule has 0 atom stereocenters. The molecule has 7 nitrogen and oxygen atoms in total. The second-order valence-electron chi connectivity index (χ2n) is 8.32. The largest absolute Gasteiger partial charge is 0.489 e. The molecule has 164 valence electrons. The molecule has 4 aromatic rings. The van der Waals surface area contributed by atoms with Crippen LogP contribution in [0.1, 0.15) is 31.2 Å². The van der Waals surface area contributed by atoms with Crippen LogP contribution in [0.2, 0.25) is 0 Å². The standard InChI is InChI=1S/C25H28N6O/c26-19-9-11-20(12-10-19)29-24-16-23(25-27-13-14-31(25)30-24)28-21-7-4-8-22(15-21)32-17-18-5-2-1-3-6-18/h1-8,13-16,19-20,28H,9-12,17,26H2,(H,29,30). The van der Waals surface area contributed by atoms with Gasteiger partial charge in [-0.05, 0) is 43.4 Å². The van der Waals surface area contributed by atoms with Crippen molar-refractivity contribution in [2.24, 2.45) is 5.73 Å². The lowest BCUT2D eigenvalue weighted by Gasteiger charge is -2.27. The van der Waals surface area contributed by atoms with E-state index in [4.69, 9.17) is 10.5 Å². The van der Waals surface area contributed by atoms with Crippen LogP contribution in [0.5, 0.6) is 5.75 Å². The molecule has 0 unspecified atom stereocenters. The number of nitrogens with two attached hydrogens (primary N) is 1. The van der Waals surface area contributed by atoms with Crippen molar-refractivity contribution in [1.82, 2.24) is 14.6 Å². The molecule has 2 aromatic heterocycles. The van der Waals surface area contributed by atoms with E-state index in [1.165, 1.54) is 0 Å². The highest BCUT2D eigenvalue weighted by molar-refractivity contribution is 5.76. The molecule has 5 rings (SSSR count). The smallest absolute Gasteiger partial charge is 0.177 e. The summed E-state index contributed by atoms with van der Waals surface area (Å²) < 4.78 is 7.78. The second kappa shape index (κ2) is 9.28. The van der Waals surface area contributed by atoms with E-state index in [1.54, 1.807) is 10.7 Å². The van der Waals surface area contributed by atoms with Crippen molar-refractivity contribution in [2.45, 2.75) is 44.4 Å². The molecule has 0 radical (unpaired) electrons. The molecule has 0 saturated heterocycles. The predicted molar refractivity (Wildman–Crippen MR) is 127 cm³/mol. The van der Waals surface area contributed by atoms with E-state index < -0.39 is 0 Å². The summed E-state index contributed by atoms with van der Waals surface area (Å²) in [5.74, 6) is 1.64. The van der Waals surface area contributed by atoms with Crippen LogP contribution in [0.25, 0.3) is 5.65 Å². The van der Waals surface area contributed by atoms with E-state index in [0.29, 0.717) is 18.7 Å². The van der Waals surface area contributed by atoms with Gasteiger partial charge in [-0.25, -0.2) is 9.50 Å². The van der Waals surface area contributed by atoms with Gasteiger partial charge in [0.1, 0.15) is 18.2 Å². The van der Waals surface area contributed by atoms with Gasteiger partial charge in [0.2, 0.25) is 0 Å². The zero-order chi connectivity index (χ0) is 21.8. The number of anilines is 3. The molecule has 2 aromatic carbocycles. The van der Waals surface area contributed by atoms with E-state index in [0.717, 1.165) is 59.8 Å². The maximum atomic E-state index is 6.05. The number of nitrogens with zero attached hydrogens (tertiary/aromatic N) is 3. The number of aromatic nitrogens is 3. The molecular weight excluding hydrogens is 400 g/mol. The van der Waals surface area contributed by atoms with Gasteiger partial charge >= 0.3 is 0 Å². The fraction of sp³-hybridized carbons (Fsp3) is 0.280. The van der Waals surface area contributed by atoms with Crippen LogP contribution in [0.3, 0.4) is 0 Å². The van der Waals surface area contributed by atoms with Crippen molar-refractivity contribution in [3.8, 4) is 5.75 Å². The summed E-state index contributed by atoms with van der Waals surface area (Å²) in [6.45, 7) is 0.531. The number of rotatable bonds is 7. The highest BCUT2D eigenvalue weighted by Crippen LogP contribution is 2.27. The molecule has 2 heterocycles. The van der Waals surface area contributed by atoms with Gasteiger partial charge in [0.15, 0.2) is 5.65 Å². The molecule has 7 heteroatoms. The summed E-state index contributed by atoms with van der Waals surface area (Å²) in [6, 6.07) is 20.9. The summed E-state index contributed by atoms with van der Waals surface area (Å²) >= 11 is 0. The molecule has 1 saturated carbocycles. The van der Waals surface area contributed by atoms with E-state index in [1.807, 2.05) is 54.7 Å². The number of ether oxygens (including phenoxy) is 1. The van der Waals surface area contributed by atoms with Crippen LogP contribution >= 0.6 is 0 Å². The van der Waals surface area contributed by atoms with E-state index in [2.05, 4.69) is 32.8 Å². The summed E-state index contributed by atoms with van der Waals surface area (Å²) in [7, 11) is 0. The van der Waals surface area contributed by atoms with E-state index in [9.17, 15) is 0 Å². The SMILES string of the molecule is NC1CCC(Nc2cc(Nc3cccc(OCc4ccccc4)c3)c3nccn3n2)CC1. The van der Waals surface area contributed by atoms with Gasteiger partial charge in [-0.1, -0.05) is 36.4 Å². The first-order chi connectivity index (χ1) is 15.7. The van der Waals surface area contributed by atoms with Crippen molar-refractivity contribution in [1.29, 1.82) is 0 Å². The Morgan fingerprint density at radius 2 is 1.84 bits per heavy atom. The molecule has 1 fully saturated rings. The highest BCUT2D eigenvalue weighted by atomic mass is 16.5. The van der Waals surface area contributed by atoms with Crippen molar-refractivity contribution >= 4 is 22.8 Å². The number of fused-ring (bicyclic) bond motifs is 1. The average molecular weight is 429 g/mol. The zero-order valence-electron chi connectivity index (χ0n) is 17.9. The van der Waals surface area contributed by atoms with Gasteiger partial charge in [0.25, 0.3) is 0 Å². The third-order valence-corrected chi connectivity index (χ3v) is 5.84. The molecule has 0 amide bonds. The van der Waals surface area contributed by atoms with Crippen molar-refractivity contribution in [3.63, 3.8) is 0 Å². The minimum Gasteiger partial charge on any atom is -0.489 e. The predicted octanol–water partition coefficient (Wildman–Crippen LogP) is 4.73. The number of hydrogen-bond donors (Lipinski definition) is 3. The van der Waals surface area contributed by atoms with Gasteiger partial charge < -0.3 is 21.1 Å². The fourth-order valence-corrected chi connectivity index (χ4v) is 4.11. The van der Waals surface area contributed by atoms with Crippen LogP contribution < -0.4 is 21.1 Å². The Morgan fingerprint density at radius 1 is 1.00 bits per heavy atom. The maximum absolute atomic E-state index is 6.05. The number of benzene rings is 2. The first-order valence-electron chi connectivity index (χ1n) is 11.1. The minimum atomic E-state index is 0.325. The molecular formula is C25H28N6O. The maximum Gasteiger partial charge on any atom is 0.177 e. The number of hydrogen-bond acceptors (Lipinski definition) is 6. The molecule has 0 spiro atoms. The zero-order valence-corrected chi connectivity index (χ0v) is 17.9. The lowest BCUT2D eigenvalue weighted by Crippen LogP contribution is -2.33. The second-order valence-corrected chi connectivity index (χ2v) is 8.32. The third-order valence-electron chi connectivity index (χ3n) is 5.84. The van der Waals surface area contributed by atoms with Crippen molar-refractivity contribution in [2.75, 3.05) is 10.6 Å². The topological polar surface area (TPSA) is 89.5 Å². The van der Waals surface area contributed by atoms with Gasteiger partial charge in [-0.2, -0.15) is 0 Å². The average Bonchev–Trinajstić information content (AvgIpc) is 3.29. The van der Waals surface area contributed by atoms with Crippen LogP contribution in [0.4, 0.5) is 17.2 Å². The Balaban J connectivity index is 1.32. The van der Waals surface area contributed by atoms with Gasteiger partial charge in [-0.3, -0.25) is 0 Å². The molecule has 0 aliphatic heterocycles. The first-order valence-corrected chi connectivity index (χ1v) is 11.1. The lowest BCUT2D eigenvalue weighted by molar-refractivity contribution is 0.306. The van der Waals surface area contributed by atoms with Gasteiger partial charge in [0.05, 0.1) is 5.69 Å². The van der Waals surface area contributed by atoms with Crippen LogP contribution in [0, 0.1) is 0 Å². The summed E-state index contributed by atoms with van der Waals surface area (Å²) in [5.41, 5.74) is 9.78. The van der Waals surface area contributed by atoms with E-state index in [-0.39, 0.29) is 0 Å².